The van der Waals surface area contributed by atoms with Gasteiger partial charge in [0, 0.05) is 9.40 Å². The molecule has 2 heterocycles. The van der Waals surface area contributed by atoms with Crippen LogP contribution in [-0.2, 0) is 4.79 Å². The van der Waals surface area contributed by atoms with Gasteiger partial charge < -0.3 is 10.4 Å². The monoisotopic (exact) mass is 269 g/mol. The van der Waals surface area contributed by atoms with E-state index < -0.39 is 12.0 Å². The fraction of sp³-hybridized carbons (Fsp3) is 0.273. The van der Waals surface area contributed by atoms with E-state index in [9.17, 15) is 9.59 Å². The molecule has 1 unspecified atom stereocenters. The summed E-state index contributed by atoms with van der Waals surface area (Å²) in [5, 5.41) is 13.3. The summed E-state index contributed by atoms with van der Waals surface area (Å²) in [6.07, 6.45) is 0.376. The SMILES string of the molecule is CCC(NC(=O)c1cc2sccc2s1)C(=O)O. The van der Waals surface area contributed by atoms with Crippen LogP contribution in [0, 0.1) is 0 Å². The van der Waals surface area contributed by atoms with Crippen LogP contribution in [0.25, 0.3) is 9.40 Å². The predicted molar refractivity (Wildman–Crippen MR) is 68.9 cm³/mol. The summed E-state index contributed by atoms with van der Waals surface area (Å²) in [5.74, 6) is -1.31. The molecular formula is C11H11NO3S2. The molecule has 6 heteroatoms. The first-order valence-corrected chi connectivity index (χ1v) is 6.82. The number of nitrogens with one attached hydrogen (secondary N) is 1. The average molecular weight is 269 g/mol. The van der Waals surface area contributed by atoms with Crippen molar-refractivity contribution in [2.75, 3.05) is 0 Å². The maximum atomic E-state index is 11.8. The zero-order valence-electron chi connectivity index (χ0n) is 9.10. The third-order valence-corrected chi connectivity index (χ3v) is 4.47. The highest BCUT2D eigenvalue weighted by atomic mass is 32.1. The number of thiophene rings is 2. The van der Waals surface area contributed by atoms with E-state index in [1.54, 1.807) is 24.3 Å². The molecule has 1 amide bonds. The summed E-state index contributed by atoms with van der Waals surface area (Å²) in [7, 11) is 0. The summed E-state index contributed by atoms with van der Waals surface area (Å²) < 4.78 is 2.12. The molecule has 2 N–H and O–H groups in total. The standard InChI is InChI=1S/C11H11NO3S2/c1-2-6(11(14)15)12-10(13)9-5-8-7(17-9)3-4-16-8/h3-6H,2H2,1H3,(H,12,13)(H,14,15). The minimum Gasteiger partial charge on any atom is -0.480 e. The molecule has 2 rings (SSSR count). The first-order valence-electron chi connectivity index (χ1n) is 5.12. The highest BCUT2D eigenvalue weighted by Gasteiger charge is 2.19. The third-order valence-electron chi connectivity index (χ3n) is 2.37. The van der Waals surface area contributed by atoms with Gasteiger partial charge in [0.15, 0.2) is 0 Å². The van der Waals surface area contributed by atoms with E-state index >= 15 is 0 Å². The van der Waals surface area contributed by atoms with Crippen molar-refractivity contribution in [3.63, 3.8) is 0 Å². The molecule has 2 aromatic rings. The second kappa shape index (κ2) is 4.85. The Morgan fingerprint density at radius 1 is 1.47 bits per heavy atom. The topological polar surface area (TPSA) is 66.4 Å². The van der Waals surface area contributed by atoms with Crippen molar-refractivity contribution in [3.05, 3.63) is 22.4 Å². The van der Waals surface area contributed by atoms with Gasteiger partial charge >= 0.3 is 5.97 Å². The van der Waals surface area contributed by atoms with Crippen molar-refractivity contribution >= 4 is 43.9 Å². The minimum absolute atomic E-state index is 0.312. The Morgan fingerprint density at radius 2 is 2.24 bits per heavy atom. The van der Waals surface area contributed by atoms with Crippen LogP contribution in [0.1, 0.15) is 23.0 Å². The Balaban J connectivity index is 2.15. The zero-order chi connectivity index (χ0) is 12.4. The molecule has 2 aromatic heterocycles. The Bertz CT molecular complexity index is 529. The van der Waals surface area contributed by atoms with Crippen LogP contribution in [-0.4, -0.2) is 23.0 Å². The molecule has 0 fully saturated rings. The first-order chi connectivity index (χ1) is 8.11. The molecule has 0 aliphatic carbocycles. The van der Waals surface area contributed by atoms with E-state index in [1.165, 1.54) is 11.3 Å². The Kier molecular flexibility index (Phi) is 3.44. The first kappa shape index (κ1) is 12.1. The van der Waals surface area contributed by atoms with Gasteiger partial charge in [0.05, 0.1) is 4.88 Å². The summed E-state index contributed by atoms with van der Waals surface area (Å²) in [5.41, 5.74) is 0. The maximum Gasteiger partial charge on any atom is 0.326 e. The summed E-state index contributed by atoms with van der Waals surface area (Å²) in [6.45, 7) is 1.73. The van der Waals surface area contributed by atoms with E-state index in [-0.39, 0.29) is 5.91 Å². The van der Waals surface area contributed by atoms with Gasteiger partial charge in [0.2, 0.25) is 0 Å². The molecule has 0 aliphatic heterocycles. The van der Waals surface area contributed by atoms with Crippen molar-refractivity contribution < 1.29 is 14.7 Å². The Morgan fingerprint density at radius 3 is 2.82 bits per heavy atom. The average Bonchev–Trinajstić information content (AvgIpc) is 2.84. The molecule has 4 nitrogen and oxygen atoms in total. The van der Waals surface area contributed by atoms with Crippen molar-refractivity contribution in [1.29, 1.82) is 0 Å². The van der Waals surface area contributed by atoms with Gasteiger partial charge in [-0.25, -0.2) is 4.79 Å². The highest BCUT2D eigenvalue weighted by Crippen LogP contribution is 2.29. The number of carbonyl (C=O) groups excluding carboxylic acids is 1. The summed E-state index contributed by atoms with van der Waals surface area (Å²) in [6, 6.07) is 2.94. The van der Waals surface area contributed by atoms with E-state index in [0.29, 0.717) is 11.3 Å². The lowest BCUT2D eigenvalue weighted by Gasteiger charge is -2.10. The van der Waals surface area contributed by atoms with Gasteiger partial charge in [-0.15, -0.1) is 22.7 Å². The van der Waals surface area contributed by atoms with Crippen molar-refractivity contribution in [2.45, 2.75) is 19.4 Å². The van der Waals surface area contributed by atoms with E-state index in [2.05, 4.69) is 5.32 Å². The molecule has 0 saturated heterocycles. The molecule has 90 valence electrons. The number of carbonyl (C=O) groups is 2. The number of carboxylic acids is 1. The molecular weight excluding hydrogens is 258 g/mol. The van der Waals surface area contributed by atoms with Gasteiger partial charge in [0.25, 0.3) is 5.91 Å². The fourth-order valence-corrected chi connectivity index (χ4v) is 3.46. The van der Waals surface area contributed by atoms with Gasteiger partial charge in [0.1, 0.15) is 6.04 Å². The van der Waals surface area contributed by atoms with Crippen molar-refractivity contribution in [3.8, 4) is 0 Å². The Labute approximate surface area is 106 Å². The summed E-state index contributed by atoms with van der Waals surface area (Å²) in [4.78, 5) is 23.2. The number of hydrogen-bond donors (Lipinski definition) is 2. The zero-order valence-corrected chi connectivity index (χ0v) is 10.7. The lowest BCUT2D eigenvalue weighted by atomic mass is 10.2. The van der Waals surface area contributed by atoms with Gasteiger partial charge in [-0.1, -0.05) is 6.92 Å². The van der Waals surface area contributed by atoms with Crippen LogP contribution < -0.4 is 5.32 Å². The van der Waals surface area contributed by atoms with Crippen LogP contribution >= 0.6 is 22.7 Å². The van der Waals surface area contributed by atoms with Crippen molar-refractivity contribution in [2.24, 2.45) is 0 Å². The molecule has 0 bridgehead atoms. The number of aliphatic carboxylic acids is 1. The predicted octanol–water partition coefficient (Wildman–Crippen LogP) is 2.56. The van der Waals surface area contributed by atoms with Crippen LogP contribution in [0.3, 0.4) is 0 Å². The molecule has 0 saturated carbocycles. The van der Waals surface area contributed by atoms with E-state index in [1.807, 2.05) is 11.4 Å². The number of amides is 1. The lowest BCUT2D eigenvalue weighted by molar-refractivity contribution is -0.139. The van der Waals surface area contributed by atoms with Crippen LogP contribution in [0.5, 0.6) is 0 Å². The van der Waals surface area contributed by atoms with E-state index in [0.717, 1.165) is 9.40 Å². The summed E-state index contributed by atoms with van der Waals surface area (Å²) >= 11 is 2.95. The molecule has 0 spiro atoms. The number of carboxylic acid groups (broad SMARTS) is 1. The molecule has 1 atom stereocenters. The van der Waals surface area contributed by atoms with Crippen LogP contribution in [0.4, 0.5) is 0 Å². The second-order valence-electron chi connectivity index (χ2n) is 3.53. The molecule has 17 heavy (non-hydrogen) atoms. The van der Waals surface area contributed by atoms with Gasteiger partial charge in [-0.2, -0.15) is 0 Å². The second-order valence-corrected chi connectivity index (χ2v) is 5.56. The molecule has 0 radical (unpaired) electrons. The van der Waals surface area contributed by atoms with Gasteiger partial charge in [-0.3, -0.25) is 4.79 Å². The maximum absolute atomic E-state index is 11.8. The number of rotatable bonds is 4. The molecule has 0 aliphatic rings. The smallest absolute Gasteiger partial charge is 0.326 e. The Hall–Kier alpha value is -1.40. The quantitative estimate of drug-likeness (QED) is 0.896. The lowest BCUT2D eigenvalue weighted by Crippen LogP contribution is -2.39. The normalized spacial score (nSPS) is 12.5. The third kappa shape index (κ3) is 2.48. The van der Waals surface area contributed by atoms with E-state index in [4.69, 9.17) is 5.11 Å². The minimum atomic E-state index is -1.00. The van der Waals surface area contributed by atoms with Crippen LogP contribution in [0.2, 0.25) is 0 Å². The molecule has 0 aromatic carbocycles. The van der Waals surface area contributed by atoms with Crippen molar-refractivity contribution in [1.82, 2.24) is 5.32 Å². The number of fused-ring (bicyclic) bond motifs is 1. The highest BCUT2D eigenvalue weighted by molar-refractivity contribution is 7.27. The largest absolute Gasteiger partial charge is 0.480 e. The fourth-order valence-electron chi connectivity index (χ4n) is 1.45. The van der Waals surface area contributed by atoms with Gasteiger partial charge in [-0.05, 0) is 23.9 Å². The van der Waals surface area contributed by atoms with Crippen LogP contribution in [0.15, 0.2) is 17.5 Å². The number of hydrogen-bond acceptors (Lipinski definition) is 4.